The normalized spacial score (nSPS) is 13.1. The second kappa shape index (κ2) is 6.68. The van der Waals surface area contributed by atoms with Crippen LogP contribution in [0.15, 0.2) is 36.4 Å². The van der Waals surface area contributed by atoms with Gasteiger partial charge in [0.15, 0.2) is 0 Å². The van der Waals surface area contributed by atoms with Crippen molar-refractivity contribution >= 4 is 22.8 Å². The lowest BCUT2D eigenvalue weighted by Gasteiger charge is -2.19. The Hall–Kier alpha value is -2.94. The fourth-order valence-electron chi connectivity index (χ4n) is 2.12. The van der Waals surface area contributed by atoms with E-state index in [0.717, 1.165) is 5.39 Å². The van der Waals surface area contributed by atoms with Gasteiger partial charge in [0.25, 0.3) is 5.91 Å². The molecule has 6 nitrogen and oxygen atoms in total. The molecule has 1 aromatic heterocycles. The number of nitrogens with zero attached hydrogens (tertiary/aromatic N) is 2. The van der Waals surface area contributed by atoms with Crippen LogP contribution in [0, 0.1) is 17.2 Å². The van der Waals surface area contributed by atoms with E-state index in [1.165, 1.54) is 0 Å². The summed E-state index contributed by atoms with van der Waals surface area (Å²) in [6.45, 7) is 1.61. The Morgan fingerprint density at radius 2 is 2.05 bits per heavy atom. The topological polar surface area (TPSA) is 103 Å². The molecule has 0 aliphatic heterocycles. The van der Waals surface area contributed by atoms with E-state index in [-0.39, 0.29) is 12.1 Å². The summed E-state index contributed by atoms with van der Waals surface area (Å²) >= 11 is 0. The summed E-state index contributed by atoms with van der Waals surface area (Å²) in [6, 6.07) is 11.4. The van der Waals surface area contributed by atoms with Crippen LogP contribution < -0.4 is 5.32 Å². The van der Waals surface area contributed by atoms with Crippen LogP contribution in [0.3, 0.4) is 0 Å². The Morgan fingerprint density at radius 3 is 2.73 bits per heavy atom. The molecule has 1 heterocycles. The Bertz CT molecular complexity index is 752. The molecule has 0 fully saturated rings. The van der Waals surface area contributed by atoms with Crippen molar-refractivity contribution in [2.75, 3.05) is 0 Å². The minimum absolute atomic E-state index is 0.0440. The molecule has 6 heteroatoms. The highest BCUT2D eigenvalue weighted by Crippen LogP contribution is 2.13. The van der Waals surface area contributed by atoms with Crippen molar-refractivity contribution in [2.24, 2.45) is 5.92 Å². The summed E-state index contributed by atoms with van der Waals surface area (Å²) < 4.78 is 0. The van der Waals surface area contributed by atoms with E-state index in [9.17, 15) is 14.7 Å². The Labute approximate surface area is 127 Å². The molecular formula is C16H15N3O3. The predicted octanol–water partition coefficient (Wildman–Crippen LogP) is 1.97. The van der Waals surface area contributed by atoms with Gasteiger partial charge >= 0.3 is 5.97 Å². The fraction of sp³-hybridized carbons (Fsp3) is 0.250. The van der Waals surface area contributed by atoms with Gasteiger partial charge in [-0.05, 0) is 12.1 Å². The van der Waals surface area contributed by atoms with Crippen LogP contribution in [0.4, 0.5) is 0 Å². The highest BCUT2D eigenvalue weighted by Gasteiger charge is 2.27. The van der Waals surface area contributed by atoms with Crippen molar-refractivity contribution in [3.63, 3.8) is 0 Å². The summed E-state index contributed by atoms with van der Waals surface area (Å²) in [5.41, 5.74) is 0.807. The van der Waals surface area contributed by atoms with E-state index in [0.29, 0.717) is 5.52 Å². The molecule has 0 bridgehead atoms. The highest BCUT2D eigenvalue weighted by atomic mass is 16.4. The molecule has 0 radical (unpaired) electrons. The van der Waals surface area contributed by atoms with Gasteiger partial charge in [0.1, 0.15) is 11.7 Å². The van der Waals surface area contributed by atoms with Gasteiger partial charge < -0.3 is 10.4 Å². The molecule has 1 aromatic carbocycles. The van der Waals surface area contributed by atoms with Gasteiger partial charge in [0.2, 0.25) is 0 Å². The van der Waals surface area contributed by atoms with Crippen LogP contribution in [0.2, 0.25) is 0 Å². The summed E-state index contributed by atoms with van der Waals surface area (Å²) in [7, 11) is 0. The molecule has 0 saturated carbocycles. The number of aromatic nitrogens is 1. The number of benzene rings is 1. The quantitative estimate of drug-likeness (QED) is 0.878. The number of hydrogen-bond acceptors (Lipinski definition) is 4. The minimum Gasteiger partial charge on any atom is -0.480 e. The number of carboxylic acid groups (broad SMARTS) is 1. The van der Waals surface area contributed by atoms with Crippen LogP contribution in [0.1, 0.15) is 23.8 Å². The van der Waals surface area contributed by atoms with Crippen LogP contribution in [0.5, 0.6) is 0 Å². The molecule has 2 aromatic rings. The average Bonchev–Trinajstić information content (AvgIpc) is 2.51. The van der Waals surface area contributed by atoms with Crippen molar-refractivity contribution in [3.8, 4) is 6.07 Å². The van der Waals surface area contributed by atoms with Gasteiger partial charge in [0, 0.05) is 17.7 Å². The second-order valence-electron chi connectivity index (χ2n) is 5.02. The van der Waals surface area contributed by atoms with E-state index in [2.05, 4.69) is 10.3 Å². The molecule has 0 spiro atoms. The molecule has 2 rings (SSSR count). The smallest absolute Gasteiger partial charge is 0.326 e. The first-order valence-corrected chi connectivity index (χ1v) is 6.79. The highest BCUT2D eigenvalue weighted by molar-refractivity contribution is 5.97. The number of fused-ring (bicyclic) bond motifs is 1. The summed E-state index contributed by atoms with van der Waals surface area (Å²) in [4.78, 5) is 27.7. The number of para-hydroxylation sites is 1. The van der Waals surface area contributed by atoms with Crippen LogP contribution >= 0.6 is 0 Å². The number of carbonyl (C=O) groups is 2. The SMILES string of the molecule is C[C@@H](CC#N)[C@@H](NC(=O)c1ccc2ccccc2n1)C(=O)O. The number of pyridine rings is 1. The maximum absolute atomic E-state index is 12.2. The number of aliphatic carboxylic acids is 1. The number of nitrogens with one attached hydrogen (secondary N) is 1. The molecule has 22 heavy (non-hydrogen) atoms. The van der Waals surface area contributed by atoms with E-state index >= 15 is 0 Å². The molecule has 0 saturated heterocycles. The third-order valence-corrected chi connectivity index (χ3v) is 3.37. The third kappa shape index (κ3) is 3.38. The summed E-state index contributed by atoms with van der Waals surface area (Å²) in [5.74, 6) is -2.23. The molecule has 0 aliphatic rings. The number of amides is 1. The zero-order valence-electron chi connectivity index (χ0n) is 12.0. The molecular weight excluding hydrogens is 282 g/mol. The Kier molecular flexibility index (Phi) is 4.69. The van der Waals surface area contributed by atoms with Gasteiger partial charge in [-0.1, -0.05) is 31.2 Å². The number of rotatable bonds is 5. The number of carbonyl (C=O) groups excluding carboxylic acids is 1. The fourth-order valence-corrected chi connectivity index (χ4v) is 2.12. The first-order chi connectivity index (χ1) is 10.5. The molecule has 0 unspecified atom stereocenters. The zero-order valence-corrected chi connectivity index (χ0v) is 12.0. The predicted molar refractivity (Wildman–Crippen MR) is 80.0 cm³/mol. The van der Waals surface area contributed by atoms with Gasteiger partial charge in [-0.25, -0.2) is 9.78 Å². The van der Waals surface area contributed by atoms with E-state index < -0.39 is 23.8 Å². The van der Waals surface area contributed by atoms with Crippen LogP contribution in [-0.4, -0.2) is 28.0 Å². The molecule has 1 amide bonds. The van der Waals surface area contributed by atoms with Gasteiger partial charge in [0.05, 0.1) is 11.6 Å². The Morgan fingerprint density at radius 1 is 1.32 bits per heavy atom. The maximum Gasteiger partial charge on any atom is 0.326 e. The molecule has 2 N–H and O–H groups in total. The van der Waals surface area contributed by atoms with Crippen molar-refractivity contribution in [3.05, 3.63) is 42.1 Å². The second-order valence-corrected chi connectivity index (χ2v) is 5.02. The maximum atomic E-state index is 12.2. The lowest BCUT2D eigenvalue weighted by atomic mass is 9.99. The first-order valence-electron chi connectivity index (χ1n) is 6.79. The summed E-state index contributed by atoms with van der Waals surface area (Å²) in [6.07, 6.45) is 0.0440. The van der Waals surface area contributed by atoms with Crippen molar-refractivity contribution in [2.45, 2.75) is 19.4 Å². The van der Waals surface area contributed by atoms with Gasteiger partial charge in [-0.15, -0.1) is 0 Å². The monoisotopic (exact) mass is 297 g/mol. The Balaban J connectivity index is 2.21. The molecule has 2 atom stereocenters. The number of hydrogen-bond donors (Lipinski definition) is 2. The summed E-state index contributed by atoms with van der Waals surface area (Å²) in [5, 5.41) is 21.2. The van der Waals surface area contributed by atoms with Crippen LogP contribution in [0.25, 0.3) is 10.9 Å². The number of carboxylic acids is 1. The van der Waals surface area contributed by atoms with Gasteiger partial charge in [-0.3, -0.25) is 4.79 Å². The molecule has 0 aliphatic carbocycles. The molecule has 112 valence electrons. The van der Waals surface area contributed by atoms with E-state index in [1.54, 1.807) is 25.1 Å². The lowest BCUT2D eigenvalue weighted by Crippen LogP contribution is -2.45. The largest absolute Gasteiger partial charge is 0.480 e. The van der Waals surface area contributed by atoms with Crippen molar-refractivity contribution < 1.29 is 14.7 Å². The van der Waals surface area contributed by atoms with E-state index in [1.807, 2.05) is 24.3 Å². The van der Waals surface area contributed by atoms with Crippen molar-refractivity contribution in [1.82, 2.24) is 10.3 Å². The van der Waals surface area contributed by atoms with Crippen molar-refractivity contribution in [1.29, 1.82) is 5.26 Å². The standard InChI is InChI=1S/C16H15N3O3/c1-10(8-9-17)14(16(21)22)19-15(20)13-7-6-11-4-2-3-5-12(11)18-13/h2-7,10,14H,8H2,1H3,(H,19,20)(H,21,22)/t10-,14+/m0/s1. The number of nitriles is 1. The third-order valence-electron chi connectivity index (χ3n) is 3.37. The van der Waals surface area contributed by atoms with Gasteiger partial charge in [-0.2, -0.15) is 5.26 Å². The average molecular weight is 297 g/mol. The lowest BCUT2D eigenvalue weighted by molar-refractivity contribution is -0.140. The first kappa shape index (κ1) is 15.4. The van der Waals surface area contributed by atoms with E-state index in [4.69, 9.17) is 5.26 Å². The minimum atomic E-state index is -1.17. The van der Waals surface area contributed by atoms with Crippen LogP contribution in [-0.2, 0) is 4.79 Å². The zero-order chi connectivity index (χ0) is 16.1.